The number of rotatable bonds is 3. The van der Waals surface area contributed by atoms with Crippen molar-refractivity contribution in [1.82, 2.24) is 4.90 Å². The van der Waals surface area contributed by atoms with E-state index in [9.17, 15) is 4.79 Å². The Hall–Kier alpha value is -0.650. The van der Waals surface area contributed by atoms with Crippen molar-refractivity contribution >= 4 is 5.91 Å². The Bertz CT molecular complexity index is 161. The summed E-state index contributed by atoms with van der Waals surface area (Å²) in [6.45, 7) is 2.82. The molecule has 0 aromatic rings. The highest BCUT2D eigenvalue weighted by Crippen LogP contribution is 2.07. The maximum atomic E-state index is 10.8. The normalized spacial score (nSPS) is 17.7. The molecule has 5 nitrogen and oxygen atoms in total. The first kappa shape index (κ1) is 13.4. The van der Waals surface area contributed by atoms with Crippen molar-refractivity contribution in [1.29, 1.82) is 0 Å². The van der Waals surface area contributed by atoms with Crippen LogP contribution in [-0.2, 0) is 4.79 Å². The van der Waals surface area contributed by atoms with Gasteiger partial charge in [0, 0.05) is 19.5 Å². The van der Waals surface area contributed by atoms with E-state index in [-0.39, 0.29) is 19.1 Å². The summed E-state index contributed by atoms with van der Waals surface area (Å²) in [4.78, 5) is 12.5. The Labute approximate surface area is 84.0 Å². The van der Waals surface area contributed by atoms with Gasteiger partial charge in [-0.3, -0.25) is 4.79 Å². The molecule has 0 spiro atoms. The van der Waals surface area contributed by atoms with E-state index in [2.05, 4.69) is 0 Å². The molecule has 1 saturated heterocycles. The van der Waals surface area contributed by atoms with E-state index in [1.807, 2.05) is 0 Å². The lowest BCUT2D eigenvalue weighted by atomic mass is 10.4. The average molecular weight is 205 g/mol. The first-order chi connectivity index (χ1) is 6.61. The minimum atomic E-state index is -0.560. The molecule has 1 heterocycles. The van der Waals surface area contributed by atoms with Crippen LogP contribution in [0, 0.1) is 0 Å². The van der Waals surface area contributed by atoms with Gasteiger partial charge in [-0.25, -0.2) is 0 Å². The van der Waals surface area contributed by atoms with Crippen molar-refractivity contribution < 1.29 is 20.1 Å². The minimum Gasteiger partial charge on any atom is -0.395 e. The van der Waals surface area contributed by atoms with Crippen LogP contribution >= 0.6 is 0 Å². The second-order valence-corrected chi connectivity index (χ2v) is 3.24. The van der Waals surface area contributed by atoms with Gasteiger partial charge < -0.3 is 20.2 Å². The average Bonchev–Trinajstić information content (AvgIpc) is 2.54. The van der Waals surface area contributed by atoms with Gasteiger partial charge in [0.05, 0.1) is 19.3 Å². The van der Waals surface area contributed by atoms with Crippen LogP contribution in [0.25, 0.3) is 0 Å². The predicted molar refractivity (Wildman–Crippen MR) is 51.7 cm³/mol. The molecule has 1 aliphatic rings. The lowest BCUT2D eigenvalue weighted by Crippen LogP contribution is -2.27. The topological polar surface area (TPSA) is 81.0 Å². The number of amides is 1. The predicted octanol–water partition coefficient (Wildman–Crippen LogP) is -1.04. The van der Waals surface area contributed by atoms with E-state index < -0.39 is 6.10 Å². The molecule has 0 saturated carbocycles. The zero-order valence-corrected chi connectivity index (χ0v) is 8.52. The van der Waals surface area contributed by atoms with Crippen molar-refractivity contribution in [3.05, 3.63) is 0 Å². The monoisotopic (exact) mass is 205 g/mol. The van der Waals surface area contributed by atoms with Crippen LogP contribution in [0.3, 0.4) is 0 Å². The molecule has 5 heteroatoms. The van der Waals surface area contributed by atoms with Crippen LogP contribution in [0.4, 0.5) is 0 Å². The molecule has 1 unspecified atom stereocenters. The van der Waals surface area contributed by atoms with Gasteiger partial charge in [0.1, 0.15) is 0 Å². The van der Waals surface area contributed by atoms with Gasteiger partial charge in [-0.1, -0.05) is 0 Å². The Morgan fingerprint density at radius 1 is 1.50 bits per heavy atom. The summed E-state index contributed by atoms with van der Waals surface area (Å²) in [7, 11) is 0. The second-order valence-electron chi connectivity index (χ2n) is 3.24. The largest absolute Gasteiger partial charge is 0.395 e. The van der Waals surface area contributed by atoms with E-state index in [1.54, 1.807) is 4.90 Å². The summed E-state index contributed by atoms with van der Waals surface area (Å²) >= 11 is 0. The Morgan fingerprint density at radius 3 is 2.36 bits per heavy atom. The van der Waals surface area contributed by atoms with Crippen molar-refractivity contribution in [3.63, 3.8) is 0 Å². The van der Waals surface area contributed by atoms with Crippen molar-refractivity contribution in [2.45, 2.75) is 25.9 Å². The number of hydrogen-bond acceptors (Lipinski definition) is 4. The minimum absolute atomic E-state index is 0.0890. The number of aliphatic hydroxyl groups is 3. The molecule has 1 rings (SSSR count). The molecule has 0 aromatic heterocycles. The Morgan fingerprint density at radius 2 is 2.07 bits per heavy atom. The summed E-state index contributed by atoms with van der Waals surface area (Å²) in [5, 5.41) is 24.5. The van der Waals surface area contributed by atoms with Gasteiger partial charge in [0.2, 0.25) is 5.91 Å². The third kappa shape index (κ3) is 5.90. The number of likely N-dealkylation sites (tertiary alicyclic amines) is 1. The molecule has 0 bridgehead atoms. The number of hydrogen-bond donors (Lipinski definition) is 3. The maximum absolute atomic E-state index is 10.8. The molecule has 0 aromatic carbocycles. The van der Waals surface area contributed by atoms with E-state index in [0.29, 0.717) is 13.0 Å². The number of nitrogens with zero attached hydrogens (tertiary/aromatic N) is 1. The number of aliphatic hydroxyl groups excluding tert-OH is 3. The van der Waals surface area contributed by atoms with Crippen molar-refractivity contribution in [2.24, 2.45) is 0 Å². The van der Waals surface area contributed by atoms with Crippen LogP contribution in [0.1, 0.15) is 19.8 Å². The van der Waals surface area contributed by atoms with Gasteiger partial charge in [-0.2, -0.15) is 0 Å². The molecule has 0 radical (unpaired) electrons. The van der Waals surface area contributed by atoms with E-state index in [0.717, 1.165) is 13.0 Å². The molecule has 1 amide bonds. The first-order valence-electron chi connectivity index (χ1n) is 4.79. The zero-order chi connectivity index (χ0) is 11.0. The van der Waals surface area contributed by atoms with E-state index >= 15 is 0 Å². The van der Waals surface area contributed by atoms with Gasteiger partial charge in [-0.15, -0.1) is 0 Å². The van der Waals surface area contributed by atoms with Crippen molar-refractivity contribution in [3.8, 4) is 0 Å². The Balaban J connectivity index is 0.000000292. The quantitative estimate of drug-likeness (QED) is 0.550. The lowest BCUT2D eigenvalue weighted by molar-refractivity contribution is -0.128. The summed E-state index contributed by atoms with van der Waals surface area (Å²) in [6, 6.07) is 0. The molecule has 0 aliphatic carbocycles. The third-order valence-corrected chi connectivity index (χ3v) is 1.81. The molecular formula is C9H19NO4. The number of carbonyl (C=O) groups excluding carboxylic acids is 1. The van der Waals surface area contributed by atoms with Gasteiger partial charge in [0.25, 0.3) is 0 Å². The van der Waals surface area contributed by atoms with Gasteiger partial charge in [-0.05, 0) is 13.3 Å². The highest BCUT2D eigenvalue weighted by atomic mass is 16.3. The van der Waals surface area contributed by atoms with Gasteiger partial charge in [0.15, 0.2) is 0 Å². The second kappa shape index (κ2) is 7.73. The molecule has 14 heavy (non-hydrogen) atoms. The molecule has 3 N–H and O–H groups in total. The summed E-state index contributed by atoms with van der Waals surface area (Å²) in [5.74, 6) is 0.184. The van der Waals surface area contributed by atoms with Crippen LogP contribution in [0.2, 0.25) is 0 Å². The first-order valence-corrected chi connectivity index (χ1v) is 4.79. The Kier molecular flexibility index (Phi) is 7.37. The lowest BCUT2D eigenvalue weighted by Gasteiger charge is -2.11. The van der Waals surface area contributed by atoms with Crippen LogP contribution in [0.15, 0.2) is 0 Å². The van der Waals surface area contributed by atoms with E-state index in [4.69, 9.17) is 15.3 Å². The number of carbonyl (C=O) groups is 1. The zero-order valence-electron chi connectivity index (χ0n) is 8.52. The fourth-order valence-electron chi connectivity index (χ4n) is 1.06. The smallest absolute Gasteiger partial charge is 0.222 e. The summed E-state index contributed by atoms with van der Waals surface area (Å²) in [6.07, 6.45) is 1.06. The van der Waals surface area contributed by atoms with E-state index in [1.165, 1.54) is 6.92 Å². The fraction of sp³-hybridized carbons (Fsp3) is 0.889. The highest BCUT2D eigenvalue weighted by molar-refractivity contribution is 5.77. The maximum Gasteiger partial charge on any atom is 0.222 e. The number of β-amino-alcohol motifs (C(OH)–C–C–N with tert-alkyl or cyclic N) is 1. The summed E-state index contributed by atoms with van der Waals surface area (Å²) < 4.78 is 0. The van der Waals surface area contributed by atoms with Crippen molar-refractivity contribution in [2.75, 3.05) is 26.3 Å². The highest BCUT2D eigenvalue weighted by Gasteiger charge is 2.18. The molecular weight excluding hydrogens is 186 g/mol. The van der Waals surface area contributed by atoms with Gasteiger partial charge >= 0.3 is 0 Å². The van der Waals surface area contributed by atoms with Crippen LogP contribution in [-0.4, -0.2) is 58.5 Å². The standard InChI is InChI=1S/C6H11NO2.C3H8O2/c8-5-4-7-3-1-2-6(7)9;1-3(5)2-4/h8H,1-5H2;3-5H,2H2,1H3. The molecule has 1 fully saturated rings. The third-order valence-electron chi connectivity index (χ3n) is 1.81. The summed E-state index contributed by atoms with van der Waals surface area (Å²) in [5.41, 5.74) is 0. The molecule has 84 valence electrons. The van der Waals surface area contributed by atoms with Crippen LogP contribution in [0.5, 0.6) is 0 Å². The SMILES string of the molecule is CC(O)CO.O=C1CCCN1CCO. The fourth-order valence-corrected chi connectivity index (χ4v) is 1.06. The molecule has 1 aliphatic heterocycles. The molecule has 1 atom stereocenters. The van der Waals surface area contributed by atoms with Crippen LogP contribution < -0.4 is 0 Å².